The van der Waals surface area contributed by atoms with Gasteiger partial charge in [0.1, 0.15) is 5.82 Å². The van der Waals surface area contributed by atoms with Crippen LogP contribution in [0, 0.1) is 0 Å². The Balaban J connectivity index is 0.00000115. The number of carboxylic acids is 1. The Morgan fingerprint density at radius 1 is 0.973 bits per heavy atom. The van der Waals surface area contributed by atoms with Gasteiger partial charge >= 0.3 is 12.1 Å². The molecule has 2 N–H and O–H groups in total. The molecule has 0 aliphatic carbocycles. The topological polar surface area (TPSA) is 84.2 Å². The number of aliphatic carboxylic acids is 1. The van der Waals surface area contributed by atoms with E-state index in [1.165, 1.54) is 4.57 Å². The molecule has 4 rings (SSSR count). The lowest BCUT2D eigenvalue weighted by atomic mass is 10.1. The van der Waals surface area contributed by atoms with E-state index in [1.54, 1.807) is 60.7 Å². The van der Waals surface area contributed by atoms with E-state index in [9.17, 15) is 31.5 Å². The molecule has 0 radical (unpaired) electrons. The highest BCUT2D eigenvalue weighted by atomic mass is 32.2. The van der Waals surface area contributed by atoms with Gasteiger partial charge in [0.25, 0.3) is 0 Å². The molecule has 0 aliphatic rings. The zero-order chi connectivity index (χ0) is 27.6. The third kappa shape index (κ3) is 7.29. The zero-order valence-corrected chi connectivity index (χ0v) is 20.4. The number of rotatable bonds is 6. The summed E-state index contributed by atoms with van der Waals surface area (Å²) in [7, 11) is 1.00. The number of carboxylic acid groups (broad SMARTS) is 1. The van der Waals surface area contributed by atoms with Gasteiger partial charge < -0.3 is 10.4 Å². The fourth-order valence-corrected chi connectivity index (χ4v) is 3.94. The van der Waals surface area contributed by atoms with Crippen molar-refractivity contribution < 1.29 is 31.9 Å². The quantitative estimate of drug-likeness (QED) is 0.215. The minimum absolute atomic E-state index is 0.154. The number of halogens is 5. The molecule has 0 saturated heterocycles. The lowest BCUT2D eigenvalue weighted by Gasteiger charge is -2.20. The Kier molecular flexibility index (Phi) is 10.6. The lowest BCUT2D eigenvalue weighted by Crippen LogP contribution is -2.19. The smallest absolute Gasteiger partial charge is 0.417 e. The maximum absolute atomic E-state index is 13.9. The molecule has 0 fully saturated rings. The van der Waals surface area contributed by atoms with Crippen molar-refractivity contribution in [3.05, 3.63) is 88.6 Å². The van der Waals surface area contributed by atoms with Crippen molar-refractivity contribution in [3.8, 4) is 5.69 Å². The average molecular weight is 540 g/mol. The third-order valence-electron chi connectivity index (χ3n) is 4.65. The number of hydrogen-bond acceptors (Lipinski definition) is 5. The number of pyridine rings is 2. The Bertz CT molecular complexity index is 1380. The van der Waals surface area contributed by atoms with Gasteiger partial charge in [-0.1, -0.05) is 48.2 Å². The van der Waals surface area contributed by atoms with Gasteiger partial charge in [-0.3, -0.25) is 22.9 Å². The predicted octanol–water partition coefficient (Wildman–Crippen LogP) is 6.50. The van der Waals surface area contributed by atoms with Gasteiger partial charge in [-0.25, -0.2) is 4.98 Å². The minimum atomic E-state index is -4.85. The average Bonchev–Trinajstić information content (AvgIpc) is 2.90. The van der Waals surface area contributed by atoms with E-state index in [-0.39, 0.29) is 16.5 Å². The third-order valence-corrected chi connectivity index (χ3v) is 5.55. The lowest BCUT2D eigenvalue weighted by molar-refractivity contribution is -0.136. The van der Waals surface area contributed by atoms with Gasteiger partial charge in [0.05, 0.1) is 36.1 Å². The number of nitrogens with zero attached hydrogens (tertiary/aromatic N) is 2. The van der Waals surface area contributed by atoms with Crippen LogP contribution in [0.3, 0.4) is 0 Å². The molecule has 2 aromatic heterocycles. The molecule has 12 heteroatoms. The number of anilines is 2. The van der Waals surface area contributed by atoms with Crippen LogP contribution in [0.4, 0.5) is 33.5 Å². The van der Waals surface area contributed by atoms with Crippen LogP contribution in [0.1, 0.15) is 5.56 Å². The second-order valence-electron chi connectivity index (χ2n) is 6.94. The van der Waals surface area contributed by atoms with Crippen LogP contribution in [-0.4, -0.2) is 40.7 Å². The largest absolute Gasteiger partial charge is 0.481 e. The number of hydrogen-bond donors (Lipinski definition) is 2. The van der Waals surface area contributed by atoms with Gasteiger partial charge in [-0.2, -0.15) is 13.2 Å². The molecular weight excluding hydrogens is 517 g/mol. The maximum atomic E-state index is 13.9. The number of alkyl halides is 5. The normalized spacial score (nSPS) is 10.6. The number of thioether (sulfide) groups is 1. The SMILES string of the molecule is CF.CF.O=C(O)CSc1cc(C(F)(F)F)c2c(=O)cc(Nc3ccccc3)n(-c3ccccc3)c2n1. The Hall–Kier alpha value is -3.93. The number of benzene rings is 2. The van der Waals surface area contributed by atoms with E-state index < -0.39 is 34.3 Å². The Morgan fingerprint density at radius 3 is 2.08 bits per heavy atom. The first-order valence-electron chi connectivity index (χ1n) is 10.4. The molecule has 0 amide bonds. The monoisotopic (exact) mass is 539 g/mol. The first-order chi connectivity index (χ1) is 17.7. The van der Waals surface area contributed by atoms with Crippen LogP contribution in [0.15, 0.2) is 82.6 Å². The first-order valence-corrected chi connectivity index (χ1v) is 11.4. The fraction of sp³-hybridized carbons (Fsp3) is 0.160. The highest BCUT2D eigenvalue weighted by Crippen LogP contribution is 2.37. The highest BCUT2D eigenvalue weighted by Gasteiger charge is 2.35. The molecule has 0 spiro atoms. The number of fused-ring (bicyclic) bond motifs is 1. The highest BCUT2D eigenvalue weighted by molar-refractivity contribution is 7.99. The summed E-state index contributed by atoms with van der Waals surface area (Å²) in [4.78, 5) is 28.2. The standard InChI is InChI=1S/C23H16F3N3O3S.2CH3F/c24-23(25,26)16-11-19(33-13-20(31)32)28-22-21(16)17(30)12-18(27-14-7-3-1-4-8-14)29(22)15-9-5-2-6-10-15;2*1-2/h1-12,27H,13H2,(H,31,32);2*1H3. The molecule has 4 aromatic rings. The second-order valence-corrected chi connectivity index (χ2v) is 7.94. The summed E-state index contributed by atoms with van der Waals surface area (Å²) in [5.41, 5.74) is -1.16. The van der Waals surface area contributed by atoms with Crippen molar-refractivity contribution >= 4 is 40.3 Å². The molecule has 0 bridgehead atoms. The summed E-state index contributed by atoms with van der Waals surface area (Å²) in [6, 6.07) is 19.2. The van der Waals surface area contributed by atoms with E-state index in [0.717, 1.165) is 12.1 Å². The van der Waals surface area contributed by atoms with Crippen LogP contribution >= 0.6 is 11.8 Å². The van der Waals surface area contributed by atoms with E-state index in [2.05, 4.69) is 10.3 Å². The molecule has 196 valence electrons. The molecule has 2 heterocycles. The fourth-order valence-electron chi connectivity index (χ4n) is 3.32. The Morgan fingerprint density at radius 2 is 1.54 bits per heavy atom. The van der Waals surface area contributed by atoms with Gasteiger partial charge in [-0.05, 0) is 30.3 Å². The van der Waals surface area contributed by atoms with E-state index in [0.29, 0.717) is 37.5 Å². The second kappa shape index (κ2) is 13.4. The molecule has 0 saturated carbocycles. The van der Waals surface area contributed by atoms with Crippen LogP contribution in [0.5, 0.6) is 0 Å². The van der Waals surface area contributed by atoms with Crippen molar-refractivity contribution in [3.63, 3.8) is 0 Å². The zero-order valence-electron chi connectivity index (χ0n) is 19.6. The first kappa shape index (κ1) is 29.3. The van der Waals surface area contributed by atoms with Crippen molar-refractivity contribution in [1.29, 1.82) is 0 Å². The van der Waals surface area contributed by atoms with Gasteiger partial charge in [0.15, 0.2) is 11.1 Å². The minimum Gasteiger partial charge on any atom is -0.481 e. The maximum Gasteiger partial charge on any atom is 0.417 e. The van der Waals surface area contributed by atoms with Gasteiger partial charge in [0.2, 0.25) is 0 Å². The summed E-state index contributed by atoms with van der Waals surface area (Å²) in [5, 5.41) is 11.3. The number of aromatic nitrogens is 2. The summed E-state index contributed by atoms with van der Waals surface area (Å²) in [6.07, 6.45) is -4.85. The molecule has 0 atom stereocenters. The van der Waals surface area contributed by atoms with E-state index >= 15 is 0 Å². The van der Waals surface area contributed by atoms with Crippen molar-refractivity contribution in [2.45, 2.75) is 11.2 Å². The van der Waals surface area contributed by atoms with E-state index in [1.807, 2.05) is 0 Å². The van der Waals surface area contributed by atoms with Crippen molar-refractivity contribution in [2.24, 2.45) is 0 Å². The van der Waals surface area contributed by atoms with Crippen molar-refractivity contribution in [1.82, 2.24) is 9.55 Å². The summed E-state index contributed by atoms with van der Waals surface area (Å²) in [5.74, 6) is -1.46. The summed E-state index contributed by atoms with van der Waals surface area (Å²) in [6.45, 7) is 0. The van der Waals surface area contributed by atoms with Gasteiger partial charge in [-0.15, -0.1) is 0 Å². The van der Waals surface area contributed by atoms with Crippen LogP contribution < -0.4 is 10.7 Å². The van der Waals surface area contributed by atoms with Crippen LogP contribution in [0.25, 0.3) is 16.7 Å². The molecular formula is C25H22F5N3O3S. The number of carbonyl (C=O) groups is 1. The van der Waals surface area contributed by atoms with Gasteiger partial charge in [0, 0.05) is 17.4 Å². The molecule has 2 aromatic carbocycles. The molecule has 37 heavy (non-hydrogen) atoms. The van der Waals surface area contributed by atoms with Crippen LogP contribution in [0.2, 0.25) is 0 Å². The number of nitrogens with one attached hydrogen (secondary N) is 1. The molecule has 0 aliphatic heterocycles. The summed E-state index contributed by atoms with van der Waals surface area (Å²) >= 11 is 0.647. The molecule has 6 nitrogen and oxygen atoms in total. The predicted molar refractivity (Wildman–Crippen MR) is 134 cm³/mol. The number of para-hydroxylation sites is 2. The Labute approximate surface area is 212 Å². The van der Waals surface area contributed by atoms with Crippen molar-refractivity contribution in [2.75, 3.05) is 25.4 Å². The summed E-state index contributed by atoms with van der Waals surface area (Å²) < 4.78 is 62.2. The molecule has 0 unspecified atom stereocenters. The van der Waals surface area contributed by atoms with Crippen LogP contribution in [-0.2, 0) is 11.0 Å². The van der Waals surface area contributed by atoms with E-state index in [4.69, 9.17) is 5.11 Å².